The molecular weight excluding hydrogens is 174 g/mol. The Labute approximate surface area is 86.3 Å². The predicted molar refractivity (Wildman–Crippen MR) is 59.2 cm³/mol. The van der Waals surface area contributed by atoms with Gasteiger partial charge in [-0.2, -0.15) is 5.10 Å². The normalized spacial score (nSPS) is 14.4. The van der Waals surface area contributed by atoms with Crippen molar-refractivity contribution < 1.29 is 0 Å². The van der Waals surface area contributed by atoms with Gasteiger partial charge in [0.2, 0.25) is 0 Å². The highest BCUT2D eigenvalue weighted by atomic mass is 15.3. The van der Waals surface area contributed by atoms with E-state index in [-0.39, 0.29) is 11.5 Å². The Hall–Kier alpha value is -0.830. The minimum Gasteiger partial charge on any atom is -0.328 e. The maximum atomic E-state index is 5.83. The Morgan fingerprint density at radius 3 is 2.64 bits per heavy atom. The molecule has 0 amide bonds. The molecule has 0 fully saturated rings. The van der Waals surface area contributed by atoms with Crippen LogP contribution in [0.15, 0.2) is 12.4 Å². The molecule has 0 spiro atoms. The van der Waals surface area contributed by atoms with Crippen molar-refractivity contribution in [3.05, 3.63) is 18.0 Å². The largest absolute Gasteiger partial charge is 0.328 e. The van der Waals surface area contributed by atoms with Gasteiger partial charge in [0.1, 0.15) is 0 Å². The van der Waals surface area contributed by atoms with Gasteiger partial charge in [-0.05, 0) is 31.2 Å². The van der Waals surface area contributed by atoms with E-state index in [4.69, 9.17) is 5.73 Å². The van der Waals surface area contributed by atoms with Gasteiger partial charge in [0, 0.05) is 18.8 Å². The fraction of sp³-hybridized carbons (Fsp3) is 0.727. The SMILES string of the molecule is CCn1cc(C(C)(C)CC(C)N)cn1. The summed E-state index contributed by atoms with van der Waals surface area (Å²) in [6, 6.07) is 0.231. The number of nitrogens with two attached hydrogens (primary N) is 1. The molecule has 0 aromatic carbocycles. The topological polar surface area (TPSA) is 43.8 Å². The highest BCUT2D eigenvalue weighted by Gasteiger charge is 2.23. The molecule has 1 heterocycles. The maximum Gasteiger partial charge on any atom is 0.0527 e. The van der Waals surface area contributed by atoms with Crippen LogP contribution in [0.2, 0.25) is 0 Å². The van der Waals surface area contributed by atoms with Crippen LogP contribution in [0.3, 0.4) is 0 Å². The Morgan fingerprint density at radius 1 is 1.57 bits per heavy atom. The first-order chi connectivity index (χ1) is 6.45. The average Bonchev–Trinajstić information content (AvgIpc) is 2.49. The molecule has 1 aromatic heterocycles. The quantitative estimate of drug-likeness (QED) is 0.797. The van der Waals surface area contributed by atoms with Crippen molar-refractivity contribution in [1.82, 2.24) is 9.78 Å². The Kier molecular flexibility index (Phi) is 3.32. The number of rotatable bonds is 4. The molecule has 1 atom stereocenters. The van der Waals surface area contributed by atoms with Crippen molar-refractivity contribution in [2.45, 2.75) is 52.1 Å². The monoisotopic (exact) mass is 195 g/mol. The van der Waals surface area contributed by atoms with Gasteiger partial charge in [-0.25, -0.2) is 0 Å². The van der Waals surface area contributed by atoms with Gasteiger partial charge in [-0.15, -0.1) is 0 Å². The fourth-order valence-corrected chi connectivity index (χ4v) is 1.81. The van der Waals surface area contributed by atoms with Crippen LogP contribution in [0.4, 0.5) is 0 Å². The number of aromatic nitrogens is 2. The highest BCUT2D eigenvalue weighted by molar-refractivity contribution is 5.17. The van der Waals surface area contributed by atoms with E-state index in [9.17, 15) is 0 Å². The molecule has 1 aromatic rings. The zero-order chi connectivity index (χ0) is 10.8. The average molecular weight is 195 g/mol. The van der Waals surface area contributed by atoms with Crippen LogP contribution in [0, 0.1) is 0 Å². The van der Waals surface area contributed by atoms with E-state index in [0.29, 0.717) is 0 Å². The second-order valence-electron chi connectivity index (χ2n) is 4.65. The molecule has 1 rings (SSSR count). The fourth-order valence-electron chi connectivity index (χ4n) is 1.81. The molecule has 3 heteroatoms. The molecule has 14 heavy (non-hydrogen) atoms. The van der Waals surface area contributed by atoms with E-state index < -0.39 is 0 Å². The van der Waals surface area contributed by atoms with Crippen LogP contribution in [-0.2, 0) is 12.0 Å². The second-order valence-corrected chi connectivity index (χ2v) is 4.65. The van der Waals surface area contributed by atoms with Gasteiger partial charge in [-0.3, -0.25) is 4.68 Å². The maximum absolute atomic E-state index is 5.83. The van der Waals surface area contributed by atoms with Gasteiger partial charge < -0.3 is 5.73 Å². The lowest BCUT2D eigenvalue weighted by atomic mass is 9.81. The molecule has 0 aliphatic rings. The molecule has 0 aliphatic carbocycles. The summed E-state index contributed by atoms with van der Waals surface area (Å²) < 4.78 is 1.96. The van der Waals surface area contributed by atoms with E-state index in [0.717, 1.165) is 13.0 Å². The summed E-state index contributed by atoms with van der Waals surface area (Å²) in [6.07, 6.45) is 5.05. The van der Waals surface area contributed by atoms with Crippen LogP contribution in [0.5, 0.6) is 0 Å². The summed E-state index contributed by atoms with van der Waals surface area (Å²) in [5.74, 6) is 0. The van der Waals surface area contributed by atoms with Crippen molar-refractivity contribution in [3.8, 4) is 0 Å². The molecule has 0 saturated carbocycles. The Morgan fingerprint density at radius 2 is 2.21 bits per heavy atom. The van der Waals surface area contributed by atoms with Gasteiger partial charge >= 0.3 is 0 Å². The van der Waals surface area contributed by atoms with Crippen molar-refractivity contribution in [2.24, 2.45) is 5.73 Å². The lowest BCUT2D eigenvalue weighted by Crippen LogP contribution is -2.27. The lowest BCUT2D eigenvalue weighted by molar-refractivity contribution is 0.437. The zero-order valence-corrected chi connectivity index (χ0v) is 9.62. The summed E-state index contributed by atoms with van der Waals surface area (Å²) >= 11 is 0. The molecule has 0 aliphatic heterocycles. The first-order valence-corrected chi connectivity index (χ1v) is 5.24. The number of nitrogens with zero attached hydrogens (tertiary/aromatic N) is 2. The van der Waals surface area contributed by atoms with Gasteiger partial charge in [0.05, 0.1) is 6.20 Å². The Bertz CT molecular complexity index is 286. The summed E-state index contributed by atoms with van der Waals surface area (Å²) in [5.41, 5.74) is 7.23. The third-order valence-corrected chi connectivity index (χ3v) is 2.57. The second kappa shape index (κ2) is 4.13. The highest BCUT2D eigenvalue weighted by Crippen LogP contribution is 2.27. The van der Waals surface area contributed by atoms with Crippen LogP contribution in [-0.4, -0.2) is 15.8 Å². The number of aryl methyl sites for hydroxylation is 1. The first kappa shape index (κ1) is 11.2. The van der Waals surface area contributed by atoms with Gasteiger partial charge in [0.25, 0.3) is 0 Å². The van der Waals surface area contributed by atoms with Crippen LogP contribution >= 0.6 is 0 Å². The third kappa shape index (κ3) is 2.58. The summed E-state index contributed by atoms with van der Waals surface area (Å²) in [6.45, 7) is 9.50. The lowest BCUT2D eigenvalue weighted by Gasteiger charge is -2.25. The van der Waals surface area contributed by atoms with Crippen molar-refractivity contribution >= 4 is 0 Å². The van der Waals surface area contributed by atoms with Crippen LogP contribution in [0.25, 0.3) is 0 Å². The number of hydrogen-bond acceptors (Lipinski definition) is 2. The summed E-state index contributed by atoms with van der Waals surface area (Å²) in [4.78, 5) is 0. The number of hydrogen-bond donors (Lipinski definition) is 1. The van der Waals surface area contributed by atoms with E-state index in [2.05, 4.69) is 32.1 Å². The molecular formula is C11H21N3. The molecule has 0 saturated heterocycles. The zero-order valence-electron chi connectivity index (χ0n) is 9.62. The molecule has 3 nitrogen and oxygen atoms in total. The van der Waals surface area contributed by atoms with E-state index in [1.807, 2.05) is 17.8 Å². The standard InChI is InChI=1S/C11H21N3/c1-5-14-8-10(7-13-14)11(3,4)6-9(2)12/h7-9H,5-6,12H2,1-4H3. The smallest absolute Gasteiger partial charge is 0.0527 e. The van der Waals surface area contributed by atoms with Crippen LogP contribution in [0.1, 0.15) is 39.7 Å². The van der Waals surface area contributed by atoms with Gasteiger partial charge in [0.15, 0.2) is 0 Å². The molecule has 0 bridgehead atoms. The first-order valence-electron chi connectivity index (χ1n) is 5.24. The Balaban J connectivity index is 2.80. The van der Waals surface area contributed by atoms with E-state index in [1.165, 1.54) is 5.56 Å². The minimum absolute atomic E-state index is 0.127. The van der Waals surface area contributed by atoms with Crippen molar-refractivity contribution in [1.29, 1.82) is 0 Å². The molecule has 0 radical (unpaired) electrons. The molecule has 80 valence electrons. The minimum atomic E-state index is 0.127. The molecule has 1 unspecified atom stereocenters. The van der Waals surface area contributed by atoms with E-state index in [1.54, 1.807) is 0 Å². The third-order valence-electron chi connectivity index (χ3n) is 2.57. The predicted octanol–water partition coefficient (Wildman–Crippen LogP) is 1.92. The molecule has 2 N–H and O–H groups in total. The van der Waals surface area contributed by atoms with Crippen molar-refractivity contribution in [2.75, 3.05) is 0 Å². The van der Waals surface area contributed by atoms with Crippen LogP contribution < -0.4 is 5.73 Å². The van der Waals surface area contributed by atoms with E-state index >= 15 is 0 Å². The van der Waals surface area contributed by atoms with Crippen molar-refractivity contribution in [3.63, 3.8) is 0 Å². The summed E-state index contributed by atoms with van der Waals surface area (Å²) in [5, 5.41) is 4.28. The summed E-state index contributed by atoms with van der Waals surface area (Å²) in [7, 11) is 0. The van der Waals surface area contributed by atoms with Gasteiger partial charge in [-0.1, -0.05) is 13.8 Å².